The number of benzene rings is 2. The standard InChI is InChI=1S/C36H50O7Si/c1-34(2,3)44(27-15-6-4-7-16-27,28-17-8-5-9-18-28)40-26-32-33(43-36(42-32)23-12-13-24-36)30(38)20-14-19-29(37)31-25-39-35(41-31)21-10-11-22-35/h4-9,14-18,20,29-33,37-38H,10-13,19,21-26H2,1-3H3/b20-14-/t29-,30+,31+,32+,33+/m0/s1. The predicted molar refractivity (Wildman–Crippen MR) is 172 cm³/mol. The molecule has 2 saturated heterocycles. The summed E-state index contributed by atoms with van der Waals surface area (Å²) in [5.74, 6) is -1.18. The number of aliphatic hydroxyl groups excluding tert-OH is 2. The number of rotatable bonds is 10. The average molecular weight is 623 g/mol. The normalized spacial score (nSPS) is 28.0. The lowest BCUT2D eigenvalue weighted by atomic mass is 10.1. The summed E-state index contributed by atoms with van der Waals surface area (Å²) in [6.07, 6.45) is 8.66. The van der Waals surface area contributed by atoms with E-state index in [9.17, 15) is 10.2 Å². The van der Waals surface area contributed by atoms with Crippen LogP contribution in [0.3, 0.4) is 0 Å². The summed E-state index contributed by atoms with van der Waals surface area (Å²) in [7, 11) is -2.80. The Balaban J connectivity index is 1.19. The van der Waals surface area contributed by atoms with Crippen LogP contribution in [-0.4, -0.2) is 73.8 Å². The summed E-state index contributed by atoms with van der Waals surface area (Å²) in [5.41, 5.74) is 0. The quantitative estimate of drug-likeness (QED) is 0.286. The molecule has 4 fully saturated rings. The van der Waals surface area contributed by atoms with Crippen LogP contribution in [-0.2, 0) is 23.4 Å². The van der Waals surface area contributed by atoms with Gasteiger partial charge in [0.15, 0.2) is 11.6 Å². The van der Waals surface area contributed by atoms with E-state index in [0.29, 0.717) is 19.6 Å². The third-order valence-electron chi connectivity index (χ3n) is 10.0. The Hall–Kier alpha value is -1.88. The molecule has 2 saturated carbocycles. The summed E-state index contributed by atoms with van der Waals surface area (Å²) in [6.45, 7) is 7.50. The first-order valence-corrected chi connectivity index (χ1v) is 18.5. The van der Waals surface area contributed by atoms with E-state index in [1.54, 1.807) is 6.08 Å². The topological polar surface area (TPSA) is 86.6 Å². The average Bonchev–Trinajstić information content (AvgIpc) is 3.84. The molecule has 8 heteroatoms. The molecular formula is C36H50O7Si. The van der Waals surface area contributed by atoms with E-state index in [-0.39, 0.29) is 11.1 Å². The minimum atomic E-state index is -2.80. The molecular weight excluding hydrogens is 572 g/mol. The van der Waals surface area contributed by atoms with E-state index in [4.69, 9.17) is 23.4 Å². The van der Waals surface area contributed by atoms with E-state index < -0.39 is 44.3 Å². The van der Waals surface area contributed by atoms with Gasteiger partial charge in [0, 0.05) is 25.7 Å². The second-order valence-electron chi connectivity index (χ2n) is 14.1. The van der Waals surface area contributed by atoms with Gasteiger partial charge >= 0.3 is 0 Å². The maximum atomic E-state index is 11.5. The summed E-state index contributed by atoms with van der Waals surface area (Å²) in [5, 5.41) is 24.5. The van der Waals surface area contributed by atoms with Crippen molar-refractivity contribution >= 4 is 18.7 Å². The number of aliphatic hydroxyl groups is 2. The molecule has 4 aliphatic rings. The molecule has 0 radical (unpaired) electrons. The van der Waals surface area contributed by atoms with Crippen LogP contribution in [0.2, 0.25) is 5.04 Å². The van der Waals surface area contributed by atoms with Crippen LogP contribution >= 0.6 is 0 Å². The first-order chi connectivity index (χ1) is 21.2. The Kier molecular flexibility index (Phi) is 9.54. The molecule has 0 unspecified atom stereocenters. The molecule has 2 aliphatic carbocycles. The minimum Gasteiger partial charge on any atom is -0.405 e. The lowest BCUT2D eigenvalue weighted by molar-refractivity contribution is -0.176. The highest BCUT2D eigenvalue weighted by Crippen LogP contribution is 2.44. The Labute approximate surface area is 263 Å². The van der Waals surface area contributed by atoms with Crippen LogP contribution in [0.4, 0.5) is 0 Å². The Morgan fingerprint density at radius 3 is 1.98 bits per heavy atom. The molecule has 5 atom stereocenters. The highest BCUT2D eigenvalue weighted by atomic mass is 28.4. The largest absolute Gasteiger partial charge is 0.405 e. The fourth-order valence-electron chi connectivity index (χ4n) is 7.79. The monoisotopic (exact) mass is 622 g/mol. The number of hydrogen-bond donors (Lipinski definition) is 2. The van der Waals surface area contributed by atoms with Crippen LogP contribution in [0, 0.1) is 0 Å². The molecule has 2 aliphatic heterocycles. The first-order valence-electron chi connectivity index (χ1n) is 16.6. The van der Waals surface area contributed by atoms with Gasteiger partial charge < -0.3 is 33.6 Å². The lowest BCUT2D eigenvalue weighted by Crippen LogP contribution is -2.67. The smallest absolute Gasteiger partial charge is 0.261 e. The predicted octanol–water partition coefficient (Wildman–Crippen LogP) is 4.97. The Bertz CT molecular complexity index is 1190. The van der Waals surface area contributed by atoms with E-state index >= 15 is 0 Å². The lowest BCUT2D eigenvalue weighted by Gasteiger charge is -2.43. The summed E-state index contributed by atoms with van der Waals surface area (Å²) in [4.78, 5) is 0. The fraction of sp³-hybridized carbons (Fsp3) is 0.611. The van der Waals surface area contributed by atoms with Crippen molar-refractivity contribution in [1.82, 2.24) is 0 Å². The fourth-order valence-corrected chi connectivity index (χ4v) is 12.4. The van der Waals surface area contributed by atoms with Crippen LogP contribution < -0.4 is 10.4 Å². The Morgan fingerprint density at radius 1 is 0.841 bits per heavy atom. The van der Waals surface area contributed by atoms with Crippen molar-refractivity contribution in [2.75, 3.05) is 13.2 Å². The molecule has 2 spiro atoms. The molecule has 240 valence electrons. The van der Waals surface area contributed by atoms with Crippen molar-refractivity contribution in [3.63, 3.8) is 0 Å². The molecule has 7 nitrogen and oxygen atoms in total. The van der Waals surface area contributed by atoms with Crippen LogP contribution in [0.1, 0.15) is 78.6 Å². The zero-order valence-corrected chi connectivity index (χ0v) is 27.5. The molecule has 0 aromatic heterocycles. The van der Waals surface area contributed by atoms with Gasteiger partial charge in [-0.3, -0.25) is 0 Å². The second kappa shape index (κ2) is 13.1. The van der Waals surface area contributed by atoms with Gasteiger partial charge in [-0.2, -0.15) is 0 Å². The first kappa shape index (κ1) is 32.1. The van der Waals surface area contributed by atoms with Crippen LogP contribution in [0.25, 0.3) is 0 Å². The van der Waals surface area contributed by atoms with Crippen molar-refractivity contribution < 1.29 is 33.6 Å². The van der Waals surface area contributed by atoms with Gasteiger partial charge in [0.25, 0.3) is 8.32 Å². The van der Waals surface area contributed by atoms with Crippen molar-refractivity contribution in [2.24, 2.45) is 0 Å². The molecule has 44 heavy (non-hydrogen) atoms. The second-order valence-corrected chi connectivity index (χ2v) is 18.4. The number of ether oxygens (including phenoxy) is 4. The van der Waals surface area contributed by atoms with E-state index in [1.165, 1.54) is 10.4 Å². The van der Waals surface area contributed by atoms with Crippen LogP contribution in [0.5, 0.6) is 0 Å². The molecule has 2 aromatic rings. The molecule has 2 heterocycles. The zero-order valence-electron chi connectivity index (χ0n) is 26.5. The third-order valence-corrected chi connectivity index (χ3v) is 15.1. The SMILES string of the molecule is CC(C)(C)[Si](OC[C@H]1OC2(CCCC2)O[C@@H]1[C@H](O)/C=C\C[C@H](O)[C@H]1COC2(CCCC2)O1)(c1ccccc1)c1ccccc1. The maximum absolute atomic E-state index is 11.5. The summed E-state index contributed by atoms with van der Waals surface area (Å²) in [6, 6.07) is 21.2. The van der Waals surface area contributed by atoms with Gasteiger partial charge in [-0.05, 0) is 47.5 Å². The van der Waals surface area contributed by atoms with Gasteiger partial charge in [0.2, 0.25) is 0 Å². The number of hydrogen-bond acceptors (Lipinski definition) is 7. The molecule has 2 aromatic carbocycles. The van der Waals surface area contributed by atoms with Crippen molar-refractivity contribution in [2.45, 2.75) is 126 Å². The highest BCUT2D eigenvalue weighted by molar-refractivity contribution is 6.99. The maximum Gasteiger partial charge on any atom is 0.261 e. The zero-order chi connectivity index (χ0) is 30.8. The summed E-state index contributed by atoms with van der Waals surface area (Å²) < 4.78 is 32.6. The minimum absolute atomic E-state index is 0.173. The summed E-state index contributed by atoms with van der Waals surface area (Å²) >= 11 is 0. The van der Waals surface area contributed by atoms with Crippen molar-refractivity contribution in [3.8, 4) is 0 Å². The van der Waals surface area contributed by atoms with Gasteiger partial charge in [0.1, 0.15) is 24.4 Å². The van der Waals surface area contributed by atoms with E-state index in [2.05, 4.69) is 69.3 Å². The van der Waals surface area contributed by atoms with Gasteiger partial charge in [-0.25, -0.2) is 0 Å². The Morgan fingerprint density at radius 2 is 1.41 bits per heavy atom. The van der Waals surface area contributed by atoms with Gasteiger partial charge in [0.05, 0.1) is 19.3 Å². The van der Waals surface area contributed by atoms with E-state index in [0.717, 1.165) is 51.4 Å². The highest BCUT2D eigenvalue weighted by Gasteiger charge is 2.54. The van der Waals surface area contributed by atoms with Crippen LogP contribution in [0.15, 0.2) is 72.8 Å². The molecule has 0 bridgehead atoms. The third kappa shape index (κ3) is 6.38. The molecule has 2 N–H and O–H groups in total. The van der Waals surface area contributed by atoms with Crippen molar-refractivity contribution in [1.29, 1.82) is 0 Å². The van der Waals surface area contributed by atoms with Gasteiger partial charge in [-0.15, -0.1) is 0 Å². The molecule has 0 amide bonds. The van der Waals surface area contributed by atoms with Gasteiger partial charge in [-0.1, -0.05) is 93.6 Å². The van der Waals surface area contributed by atoms with E-state index in [1.807, 2.05) is 18.2 Å². The molecule has 6 rings (SSSR count). The van der Waals surface area contributed by atoms with Crippen molar-refractivity contribution in [3.05, 3.63) is 72.8 Å².